The van der Waals surface area contributed by atoms with Crippen molar-refractivity contribution < 1.29 is 4.79 Å². The molecule has 0 amide bonds. The van der Waals surface area contributed by atoms with Gasteiger partial charge in [-0.2, -0.15) is 0 Å². The zero-order valence-electron chi connectivity index (χ0n) is 8.26. The lowest BCUT2D eigenvalue weighted by Gasteiger charge is -2.31. The second kappa shape index (κ2) is 3.42. The molecule has 0 heterocycles. The van der Waals surface area contributed by atoms with Gasteiger partial charge in [-0.3, -0.25) is 4.79 Å². The molecule has 0 spiro atoms. The van der Waals surface area contributed by atoms with E-state index in [2.05, 4.69) is 26.0 Å². The maximum Gasteiger partial charge on any atom is 0.135 e. The third-order valence-electron chi connectivity index (χ3n) is 3.09. The van der Waals surface area contributed by atoms with Crippen LogP contribution >= 0.6 is 0 Å². The Morgan fingerprint density at radius 1 is 1.50 bits per heavy atom. The van der Waals surface area contributed by atoms with E-state index in [0.29, 0.717) is 11.7 Å². The summed E-state index contributed by atoms with van der Waals surface area (Å²) in [5.41, 5.74) is -0.156. The Morgan fingerprint density at radius 3 is 2.58 bits per heavy atom. The van der Waals surface area contributed by atoms with Gasteiger partial charge in [-0.15, -0.1) is 0 Å². The maximum absolute atomic E-state index is 11.3. The summed E-state index contributed by atoms with van der Waals surface area (Å²) in [4.78, 5) is 11.3. The van der Waals surface area contributed by atoms with E-state index in [1.807, 2.05) is 0 Å². The quantitative estimate of drug-likeness (QED) is 0.576. The smallest absolute Gasteiger partial charge is 0.135 e. The third-order valence-corrected chi connectivity index (χ3v) is 3.09. The fourth-order valence-electron chi connectivity index (χ4n) is 1.67. The van der Waals surface area contributed by atoms with E-state index >= 15 is 0 Å². The Bertz CT molecular complexity index is 201. The Balaban J connectivity index is 2.73. The van der Waals surface area contributed by atoms with E-state index in [1.54, 1.807) is 6.92 Å². The molecule has 0 aromatic carbocycles. The second-order valence-electron chi connectivity index (χ2n) is 4.24. The molecular formula is C11H18O. The highest BCUT2D eigenvalue weighted by molar-refractivity contribution is 5.82. The zero-order valence-corrected chi connectivity index (χ0v) is 8.26. The van der Waals surface area contributed by atoms with E-state index in [-0.39, 0.29) is 5.41 Å². The number of allylic oxidation sites excluding steroid dienone is 2. The van der Waals surface area contributed by atoms with Crippen molar-refractivity contribution in [2.24, 2.45) is 11.3 Å². The Kier molecular flexibility index (Phi) is 2.71. The van der Waals surface area contributed by atoms with Crippen molar-refractivity contribution in [1.29, 1.82) is 0 Å². The minimum atomic E-state index is -0.156. The van der Waals surface area contributed by atoms with E-state index in [0.717, 1.165) is 0 Å². The highest BCUT2D eigenvalue weighted by atomic mass is 16.1. The van der Waals surface area contributed by atoms with Crippen LogP contribution in [-0.2, 0) is 4.79 Å². The SMILES string of the molecule is CC(=O)C(C)(C)C1C=CCCC1. The Hall–Kier alpha value is -0.590. The van der Waals surface area contributed by atoms with Gasteiger partial charge < -0.3 is 0 Å². The van der Waals surface area contributed by atoms with Crippen LogP contribution in [0.25, 0.3) is 0 Å². The first-order chi connectivity index (χ1) is 5.55. The molecule has 1 aliphatic carbocycles. The lowest BCUT2D eigenvalue weighted by Crippen LogP contribution is -2.30. The largest absolute Gasteiger partial charge is 0.299 e. The molecule has 1 nitrogen and oxygen atoms in total. The fourth-order valence-corrected chi connectivity index (χ4v) is 1.67. The summed E-state index contributed by atoms with van der Waals surface area (Å²) in [5, 5.41) is 0. The van der Waals surface area contributed by atoms with Crippen molar-refractivity contribution in [1.82, 2.24) is 0 Å². The van der Waals surface area contributed by atoms with Gasteiger partial charge >= 0.3 is 0 Å². The molecule has 0 aliphatic heterocycles. The summed E-state index contributed by atoms with van der Waals surface area (Å²) in [7, 11) is 0. The number of Topliss-reactive ketones (excluding diaryl/α,β-unsaturated/α-hetero) is 1. The standard InChI is InChI=1S/C11H18O/c1-9(12)11(2,3)10-7-5-4-6-8-10/h5,7,10H,4,6,8H2,1-3H3. The van der Waals surface area contributed by atoms with Crippen LogP contribution in [0.2, 0.25) is 0 Å². The van der Waals surface area contributed by atoms with Gasteiger partial charge in [0.1, 0.15) is 5.78 Å². The van der Waals surface area contributed by atoms with Crippen LogP contribution in [0.4, 0.5) is 0 Å². The monoisotopic (exact) mass is 166 g/mol. The first kappa shape index (κ1) is 9.50. The van der Waals surface area contributed by atoms with Crippen LogP contribution in [0.1, 0.15) is 40.0 Å². The topological polar surface area (TPSA) is 17.1 Å². The van der Waals surface area contributed by atoms with Gasteiger partial charge in [0.05, 0.1) is 0 Å². The summed E-state index contributed by atoms with van der Waals surface area (Å²) in [6, 6.07) is 0. The third kappa shape index (κ3) is 1.77. The summed E-state index contributed by atoms with van der Waals surface area (Å²) in [5.74, 6) is 0.766. The molecule has 0 fully saturated rings. The predicted octanol–water partition coefficient (Wildman–Crippen LogP) is 2.96. The summed E-state index contributed by atoms with van der Waals surface area (Å²) < 4.78 is 0. The molecule has 1 unspecified atom stereocenters. The zero-order chi connectivity index (χ0) is 9.19. The Morgan fingerprint density at radius 2 is 2.17 bits per heavy atom. The molecule has 0 aromatic rings. The molecule has 0 radical (unpaired) electrons. The Labute approximate surface area is 74.9 Å². The van der Waals surface area contributed by atoms with E-state index in [9.17, 15) is 4.79 Å². The lowest BCUT2D eigenvalue weighted by atomic mass is 9.72. The molecule has 68 valence electrons. The van der Waals surface area contributed by atoms with Crippen molar-refractivity contribution in [3.05, 3.63) is 12.2 Å². The van der Waals surface area contributed by atoms with E-state index < -0.39 is 0 Å². The van der Waals surface area contributed by atoms with Gasteiger partial charge in [-0.1, -0.05) is 26.0 Å². The van der Waals surface area contributed by atoms with Gasteiger partial charge in [0, 0.05) is 5.41 Å². The number of hydrogen-bond donors (Lipinski definition) is 0. The maximum atomic E-state index is 11.3. The van der Waals surface area contributed by atoms with Crippen molar-refractivity contribution in [2.45, 2.75) is 40.0 Å². The van der Waals surface area contributed by atoms with Crippen molar-refractivity contribution >= 4 is 5.78 Å². The average Bonchev–Trinajstić information content (AvgIpc) is 2.06. The molecule has 0 N–H and O–H groups in total. The second-order valence-corrected chi connectivity index (χ2v) is 4.24. The molecule has 0 bridgehead atoms. The minimum Gasteiger partial charge on any atom is -0.299 e. The van der Waals surface area contributed by atoms with Crippen molar-refractivity contribution in [2.75, 3.05) is 0 Å². The summed E-state index contributed by atoms with van der Waals surface area (Å²) >= 11 is 0. The van der Waals surface area contributed by atoms with Crippen LogP contribution < -0.4 is 0 Å². The van der Waals surface area contributed by atoms with Crippen LogP contribution in [-0.4, -0.2) is 5.78 Å². The first-order valence-electron chi connectivity index (χ1n) is 4.73. The molecule has 1 rings (SSSR count). The predicted molar refractivity (Wildman–Crippen MR) is 50.9 cm³/mol. The number of ketones is 1. The number of hydrogen-bond acceptors (Lipinski definition) is 1. The molecule has 12 heavy (non-hydrogen) atoms. The van der Waals surface area contributed by atoms with Crippen LogP contribution in [0, 0.1) is 11.3 Å². The highest BCUT2D eigenvalue weighted by Crippen LogP contribution is 2.35. The van der Waals surface area contributed by atoms with Gasteiger partial charge in [0.2, 0.25) is 0 Å². The minimum absolute atomic E-state index is 0.156. The van der Waals surface area contributed by atoms with Gasteiger partial charge in [0.25, 0.3) is 0 Å². The number of carbonyl (C=O) groups is 1. The van der Waals surface area contributed by atoms with Crippen LogP contribution in [0.5, 0.6) is 0 Å². The first-order valence-corrected chi connectivity index (χ1v) is 4.73. The molecule has 1 aliphatic rings. The van der Waals surface area contributed by atoms with Gasteiger partial charge in [-0.25, -0.2) is 0 Å². The summed E-state index contributed by atoms with van der Waals surface area (Å²) in [6.45, 7) is 5.80. The van der Waals surface area contributed by atoms with Crippen molar-refractivity contribution in [3.63, 3.8) is 0 Å². The lowest BCUT2D eigenvalue weighted by molar-refractivity contribution is -0.126. The molecule has 0 aromatic heterocycles. The molecule has 1 heteroatoms. The fraction of sp³-hybridized carbons (Fsp3) is 0.727. The van der Waals surface area contributed by atoms with Crippen LogP contribution in [0.3, 0.4) is 0 Å². The summed E-state index contributed by atoms with van der Waals surface area (Å²) in [6.07, 6.45) is 8.01. The molecule has 1 atom stereocenters. The van der Waals surface area contributed by atoms with E-state index in [1.165, 1.54) is 19.3 Å². The van der Waals surface area contributed by atoms with Crippen molar-refractivity contribution in [3.8, 4) is 0 Å². The van der Waals surface area contributed by atoms with Gasteiger partial charge in [0.15, 0.2) is 0 Å². The average molecular weight is 166 g/mol. The van der Waals surface area contributed by atoms with E-state index in [4.69, 9.17) is 0 Å². The molecule has 0 saturated heterocycles. The number of rotatable bonds is 2. The normalized spacial score (nSPS) is 24.1. The van der Waals surface area contributed by atoms with Gasteiger partial charge in [-0.05, 0) is 32.1 Å². The molecule has 0 saturated carbocycles. The molecular weight excluding hydrogens is 148 g/mol. The van der Waals surface area contributed by atoms with Crippen LogP contribution in [0.15, 0.2) is 12.2 Å². The highest BCUT2D eigenvalue weighted by Gasteiger charge is 2.32. The number of carbonyl (C=O) groups excluding carboxylic acids is 1.